The molecule has 9 nitrogen and oxygen atoms in total. The summed E-state index contributed by atoms with van der Waals surface area (Å²) < 4.78 is 15.9. The molecule has 0 radical (unpaired) electrons. The summed E-state index contributed by atoms with van der Waals surface area (Å²) in [5.74, 6) is -2.04. The number of alkyl carbamates (subject to hydrolysis) is 1. The predicted octanol–water partition coefficient (Wildman–Crippen LogP) is 2.29. The number of hydrogen-bond donors (Lipinski definition) is 3. The molecule has 1 aliphatic carbocycles. The molecule has 2 aliphatic rings. The molecule has 2 aromatic carbocycles. The van der Waals surface area contributed by atoms with E-state index >= 15 is 0 Å². The summed E-state index contributed by atoms with van der Waals surface area (Å²) in [6.07, 6.45) is -0.586. The second-order valence-corrected chi connectivity index (χ2v) is 8.86. The summed E-state index contributed by atoms with van der Waals surface area (Å²) in [5, 5.41) is 14.7. The molecular formula is C25H28N2O7. The first-order valence-corrected chi connectivity index (χ1v) is 11.1. The highest BCUT2D eigenvalue weighted by atomic mass is 16.6. The zero-order valence-corrected chi connectivity index (χ0v) is 19.1. The second kappa shape index (κ2) is 9.44. The lowest BCUT2D eigenvalue weighted by molar-refractivity contribution is -0.150. The maximum Gasteiger partial charge on any atom is 0.408 e. The van der Waals surface area contributed by atoms with Crippen LogP contribution in [0.3, 0.4) is 0 Å². The van der Waals surface area contributed by atoms with Crippen LogP contribution >= 0.6 is 0 Å². The SMILES string of the molecule is COCC(C)(NC(=O)C1(NC(=O)OCC2c3ccccc3-c3ccccc32)CCOC1)C(=O)O. The molecule has 2 amide bonds. The Labute approximate surface area is 197 Å². The van der Waals surface area contributed by atoms with Crippen molar-refractivity contribution in [1.82, 2.24) is 10.6 Å². The van der Waals surface area contributed by atoms with E-state index in [9.17, 15) is 19.5 Å². The van der Waals surface area contributed by atoms with E-state index in [4.69, 9.17) is 14.2 Å². The summed E-state index contributed by atoms with van der Waals surface area (Å²) in [5.41, 5.74) is 1.27. The maximum atomic E-state index is 13.1. The van der Waals surface area contributed by atoms with Crippen molar-refractivity contribution >= 4 is 18.0 Å². The molecule has 4 rings (SSSR count). The zero-order chi connectivity index (χ0) is 24.3. The first kappa shape index (κ1) is 23.7. The number of hydrogen-bond acceptors (Lipinski definition) is 6. The van der Waals surface area contributed by atoms with Crippen LogP contribution in [0.15, 0.2) is 48.5 Å². The van der Waals surface area contributed by atoms with Gasteiger partial charge in [0.2, 0.25) is 5.91 Å². The third-order valence-electron chi connectivity index (χ3n) is 6.44. The molecule has 0 bridgehead atoms. The number of ether oxygens (including phenoxy) is 3. The Morgan fingerprint density at radius 2 is 1.74 bits per heavy atom. The van der Waals surface area contributed by atoms with Gasteiger partial charge in [-0.05, 0) is 29.2 Å². The molecule has 180 valence electrons. The average Bonchev–Trinajstić information content (AvgIpc) is 3.41. The lowest BCUT2D eigenvalue weighted by Gasteiger charge is -2.32. The number of carboxylic acids is 1. The van der Waals surface area contributed by atoms with Gasteiger partial charge in [-0.3, -0.25) is 4.79 Å². The van der Waals surface area contributed by atoms with Crippen molar-refractivity contribution in [2.75, 3.05) is 33.5 Å². The van der Waals surface area contributed by atoms with Crippen molar-refractivity contribution in [2.24, 2.45) is 0 Å². The molecule has 1 aliphatic heterocycles. The molecule has 2 aromatic rings. The van der Waals surface area contributed by atoms with Crippen LogP contribution in [0.25, 0.3) is 11.1 Å². The molecule has 0 aromatic heterocycles. The second-order valence-electron chi connectivity index (χ2n) is 8.86. The van der Waals surface area contributed by atoms with Gasteiger partial charge in [-0.15, -0.1) is 0 Å². The van der Waals surface area contributed by atoms with Crippen LogP contribution in [0.1, 0.15) is 30.4 Å². The van der Waals surface area contributed by atoms with Gasteiger partial charge in [0, 0.05) is 26.1 Å². The molecule has 2 unspecified atom stereocenters. The van der Waals surface area contributed by atoms with Gasteiger partial charge >= 0.3 is 12.1 Å². The van der Waals surface area contributed by atoms with Crippen LogP contribution in [0.2, 0.25) is 0 Å². The van der Waals surface area contributed by atoms with Crippen molar-refractivity contribution in [1.29, 1.82) is 0 Å². The van der Waals surface area contributed by atoms with E-state index in [-0.39, 0.29) is 38.8 Å². The minimum absolute atomic E-state index is 0.0916. The Bertz CT molecular complexity index is 1050. The standard InChI is InChI=1S/C25H28N2O7/c1-24(14-32-2,22(29)30)26-21(28)25(11-12-33-15-25)27-23(31)34-13-20-18-9-5-3-7-16(18)17-8-4-6-10-19(17)20/h3-10,20H,11-15H2,1-2H3,(H,26,28)(H,27,31)(H,29,30). The van der Waals surface area contributed by atoms with Crippen LogP contribution in [-0.2, 0) is 23.8 Å². The van der Waals surface area contributed by atoms with Gasteiger partial charge in [-0.25, -0.2) is 9.59 Å². The minimum Gasteiger partial charge on any atom is -0.479 e. The number of carboxylic acid groups (broad SMARTS) is 1. The Morgan fingerprint density at radius 1 is 1.12 bits per heavy atom. The lowest BCUT2D eigenvalue weighted by Crippen LogP contribution is -2.66. The molecule has 2 atom stereocenters. The number of nitrogens with one attached hydrogen (secondary N) is 2. The summed E-state index contributed by atoms with van der Waals surface area (Å²) in [6, 6.07) is 16.0. The zero-order valence-electron chi connectivity index (χ0n) is 19.1. The van der Waals surface area contributed by atoms with E-state index in [1.165, 1.54) is 14.0 Å². The minimum atomic E-state index is -1.66. The summed E-state index contributed by atoms with van der Waals surface area (Å²) >= 11 is 0. The van der Waals surface area contributed by atoms with E-state index in [1.54, 1.807) is 0 Å². The van der Waals surface area contributed by atoms with Gasteiger partial charge in [0.05, 0.1) is 13.2 Å². The molecule has 0 saturated carbocycles. The molecule has 34 heavy (non-hydrogen) atoms. The summed E-state index contributed by atoms with van der Waals surface area (Å²) in [7, 11) is 1.34. The van der Waals surface area contributed by atoms with E-state index in [1.807, 2.05) is 48.5 Å². The van der Waals surface area contributed by atoms with Gasteiger partial charge in [-0.1, -0.05) is 48.5 Å². The van der Waals surface area contributed by atoms with Crippen molar-refractivity contribution in [3.05, 3.63) is 59.7 Å². The maximum absolute atomic E-state index is 13.1. The third kappa shape index (κ3) is 4.36. The topological polar surface area (TPSA) is 123 Å². The van der Waals surface area contributed by atoms with Crippen molar-refractivity contribution < 1.29 is 33.7 Å². The number of methoxy groups -OCH3 is 1. The molecule has 1 heterocycles. The van der Waals surface area contributed by atoms with E-state index in [2.05, 4.69) is 10.6 Å². The highest BCUT2D eigenvalue weighted by Crippen LogP contribution is 2.44. The van der Waals surface area contributed by atoms with E-state index in [0.717, 1.165) is 22.3 Å². The fraction of sp³-hybridized carbons (Fsp3) is 0.400. The van der Waals surface area contributed by atoms with Gasteiger partial charge in [0.25, 0.3) is 0 Å². The Kier molecular flexibility index (Phi) is 6.58. The molecular weight excluding hydrogens is 440 g/mol. The van der Waals surface area contributed by atoms with Gasteiger partial charge in [-0.2, -0.15) is 0 Å². The predicted molar refractivity (Wildman–Crippen MR) is 122 cm³/mol. The number of fused-ring (bicyclic) bond motifs is 3. The van der Waals surface area contributed by atoms with E-state index in [0.29, 0.717) is 0 Å². The Hall–Kier alpha value is -3.43. The highest BCUT2D eigenvalue weighted by molar-refractivity contribution is 5.94. The lowest BCUT2D eigenvalue weighted by atomic mass is 9.94. The van der Waals surface area contributed by atoms with Crippen LogP contribution in [0.5, 0.6) is 0 Å². The first-order chi connectivity index (χ1) is 16.3. The van der Waals surface area contributed by atoms with Gasteiger partial charge < -0.3 is 30.0 Å². The normalized spacial score (nSPS) is 20.6. The first-order valence-electron chi connectivity index (χ1n) is 11.1. The fourth-order valence-electron chi connectivity index (χ4n) is 4.54. The number of carbonyl (C=O) groups excluding carboxylic acids is 2. The van der Waals surface area contributed by atoms with Crippen LogP contribution in [0.4, 0.5) is 4.79 Å². The number of aliphatic carboxylic acids is 1. The van der Waals surface area contributed by atoms with E-state index < -0.39 is 29.0 Å². The quantitative estimate of drug-likeness (QED) is 0.543. The number of benzene rings is 2. The number of amides is 2. The monoisotopic (exact) mass is 468 g/mol. The van der Waals surface area contributed by atoms with Gasteiger partial charge in [0.1, 0.15) is 12.1 Å². The average molecular weight is 469 g/mol. The summed E-state index contributed by atoms with van der Waals surface area (Å²) in [4.78, 5) is 37.6. The highest BCUT2D eigenvalue weighted by Gasteiger charge is 2.48. The third-order valence-corrected chi connectivity index (χ3v) is 6.44. The molecule has 1 saturated heterocycles. The Morgan fingerprint density at radius 3 is 2.26 bits per heavy atom. The van der Waals surface area contributed by atoms with Crippen molar-refractivity contribution in [3.8, 4) is 11.1 Å². The van der Waals surface area contributed by atoms with Gasteiger partial charge in [0.15, 0.2) is 5.54 Å². The molecule has 0 spiro atoms. The molecule has 3 N–H and O–H groups in total. The molecule has 9 heteroatoms. The smallest absolute Gasteiger partial charge is 0.408 e. The fourth-order valence-corrected chi connectivity index (χ4v) is 4.54. The number of carbonyl (C=O) groups is 3. The van der Waals surface area contributed by atoms with Crippen LogP contribution in [0, 0.1) is 0 Å². The van der Waals surface area contributed by atoms with Crippen LogP contribution in [-0.4, -0.2) is 67.7 Å². The summed E-state index contributed by atoms with van der Waals surface area (Å²) in [6.45, 7) is 1.34. The van der Waals surface area contributed by atoms with Crippen molar-refractivity contribution in [3.63, 3.8) is 0 Å². The molecule has 1 fully saturated rings. The van der Waals surface area contributed by atoms with Crippen molar-refractivity contribution in [2.45, 2.75) is 30.3 Å². The van der Waals surface area contributed by atoms with Crippen LogP contribution < -0.4 is 10.6 Å². The Balaban J connectivity index is 1.46. The number of rotatable bonds is 8. The largest absolute Gasteiger partial charge is 0.479 e.